The van der Waals surface area contributed by atoms with Crippen molar-refractivity contribution in [2.45, 2.75) is 25.1 Å². The Morgan fingerprint density at radius 2 is 2.00 bits per heavy atom. The van der Waals surface area contributed by atoms with Crippen molar-refractivity contribution in [2.75, 3.05) is 13.2 Å². The van der Waals surface area contributed by atoms with Crippen molar-refractivity contribution in [3.63, 3.8) is 0 Å². The maximum Gasteiger partial charge on any atom is 0.411 e. The van der Waals surface area contributed by atoms with Gasteiger partial charge in [-0.15, -0.1) is 0 Å². The Labute approximate surface area is 162 Å². The first kappa shape index (κ1) is 18.0. The average Bonchev–Trinajstić information content (AvgIpc) is 2.68. The maximum absolute atomic E-state index is 14.4. The molecule has 2 aliphatic heterocycles. The number of rotatable bonds is 3. The van der Waals surface area contributed by atoms with Crippen LogP contribution in [-0.2, 0) is 16.1 Å². The number of fused-ring (bicyclic) bond motifs is 2. The number of hydrogen-bond acceptors (Lipinski definition) is 3. The van der Waals surface area contributed by atoms with Crippen molar-refractivity contribution in [1.29, 1.82) is 0 Å². The Hall–Kier alpha value is -2.37. The molecule has 2 aliphatic rings. The molecule has 2 aromatic rings. The number of hydrogen-bond donors (Lipinski definition) is 0. The van der Waals surface area contributed by atoms with Crippen LogP contribution < -0.4 is 0 Å². The number of carbonyl (C=O) groups excluding carboxylic acids is 1. The van der Waals surface area contributed by atoms with Crippen LogP contribution in [-0.4, -0.2) is 36.3 Å². The Morgan fingerprint density at radius 1 is 1.19 bits per heavy atom. The molecule has 4 rings (SSSR count). The van der Waals surface area contributed by atoms with E-state index in [9.17, 15) is 9.18 Å². The molecule has 2 heterocycles. The second kappa shape index (κ2) is 7.71. The van der Waals surface area contributed by atoms with Gasteiger partial charge >= 0.3 is 6.09 Å². The number of benzene rings is 2. The van der Waals surface area contributed by atoms with Crippen LogP contribution in [0, 0.1) is 5.82 Å². The fraction of sp³-hybridized carbons (Fsp3) is 0.286. The molecule has 6 heteroatoms. The monoisotopic (exact) mass is 387 g/mol. The zero-order valence-corrected chi connectivity index (χ0v) is 15.4. The van der Waals surface area contributed by atoms with E-state index >= 15 is 0 Å². The molecule has 1 saturated heterocycles. The normalized spacial score (nSPS) is 21.6. The molecular weight excluding hydrogens is 369 g/mol. The van der Waals surface area contributed by atoms with Gasteiger partial charge in [-0.2, -0.15) is 0 Å². The summed E-state index contributed by atoms with van der Waals surface area (Å²) in [5, 5.41) is 0.0968. The predicted octanol–water partition coefficient (Wildman–Crippen LogP) is 4.67. The van der Waals surface area contributed by atoms with Gasteiger partial charge < -0.3 is 9.47 Å². The fourth-order valence-corrected chi connectivity index (χ4v) is 3.80. The van der Waals surface area contributed by atoms with Gasteiger partial charge in [0.2, 0.25) is 0 Å². The molecule has 1 fully saturated rings. The lowest BCUT2D eigenvalue weighted by Crippen LogP contribution is -2.56. The summed E-state index contributed by atoms with van der Waals surface area (Å²) in [6.45, 7) is 0.981. The minimum absolute atomic E-state index is 0.0968. The fourth-order valence-electron chi connectivity index (χ4n) is 3.63. The van der Waals surface area contributed by atoms with Crippen molar-refractivity contribution >= 4 is 23.3 Å². The number of ether oxygens (including phenoxy) is 2. The molecule has 0 saturated carbocycles. The van der Waals surface area contributed by atoms with Crippen molar-refractivity contribution in [1.82, 2.24) is 4.90 Å². The van der Waals surface area contributed by atoms with E-state index in [1.807, 2.05) is 36.4 Å². The zero-order valence-electron chi connectivity index (χ0n) is 14.6. The van der Waals surface area contributed by atoms with Crippen molar-refractivity contribution in [3.05, 3.63) is 76.6 Å². The average molecular weight is 388 g/mol. The molecule has 0 N–H and O–H groups in total. The molecule has 0 radical (unpaired) electrons. The van der Waals surface area contributed by atoms with Crippen LogP contribution in [0.5, 0.6) is 0 Å². The summed E-state index contributed by atoms with van der Waals surface area (Å²) < 4.78 is 25.5. The van der Waals surface area contributed by atoms with Crippen LogP contribution in [0.1, 0.15) is 17.5 Å². The summed E-state index contributed by atoms with van der Waals surface area (Å²) in [5.41, 5.74) is 2.26. The second-order valence-electron chi connectivity index (χ2n) is 6.70. The lowest BCUT2D eigenvalue weighted by atomic mass is 9.90. The molecule has 2 aromatic carbocycles. The minimum Gasteiger partial charge on any atom is -0.445 e. The summed E-state index contributed by atoms with van der Waals surface area (Å²) in [4.78, 5) is 14.4. The summed E-state index contributed by atoms with van der Waals surface area (Å²) in [6, 6.07) is 14.0. The topological polar surface area (TPSA) is 38.8 Å². The van der Waals surface area contributed by atoms with Crippen molar-refractivity contribution in [3.8, 4) is 0 Å². The third-order valence-electron chi connectivity index (χ3n) is 4.91. The molecule has 27 heavy (non-hydrogen) atoms. The van der Waals surface area contributed by atoms with Crippen molar-refractivity contribution < 1.29 is 18.7 Å². The standard InChI is InChI=1S/C21H19ClFNO3/c22-19-8-4-7-18(20(19)23)15-9-16-12-26-13-17(10-15)24(16)21(25)27-11-14-5-2-1-3-6-14/h1-9,16-17H,10-13H2. The van der Waals surface area contributed by atoms with E-state index in [0.717, 1.165) is 11.1 Å². The first-order valence-corrected chi connectivity index (χ1v) is 9.23. The SMILES string of the molecule is O=C(OCc1ccccc1)N1C2C=C(c3cccc(Cl)c3F)CC1COC2. The molecule has 2 bridgehead atoms. The van der Waals surface area contributed by atoms with Crippen LogP contribution >= 0.6 is 11.6 Å². The molecule has 4 nitrogen and oxygen atoms in total. The van der Waals surface area contributed by atoms with Gasteiger partial charge in [0.25, 0.3) is 0 Å². The summed E-state index contributed by atoms with van der Waals surface area (Å²) in [6.07, 6.45) is 2.00. The maximum atomic E-state index is 14.4. The molecule has 0 aliphatic carbocycles. The zero-order chi connectivity index (χ0) is 18.8. The second-order valence-corrected chi connectivity index (χ2v) is 7.11. The minimum atomic E-state index is -0.426. The third-order valence-corrected chi connectivity index (χ3v) is 5.20. The Kier molecular flexibility index (Phi) is 5.14. The lowest BCUT2D eigenvalue weighted by Gasteiger charge is -2.43. The van der Waals surface area contributed by atoms with Gasteiger partial charge in [0, 0.05) is 5.56 Å². The van der Waals surface area contributed by atoms with Crippen molar-refractivity contribution in [2.24, 2.45) is 0 Å². The summed E-state index contributed by atoms with van der Waals surface area (Å²) in [5.74, 6) is -0.426. The van der Waals surface area contributed by atoms with E-state index < -0.39 is 5.82 Å². The number of carbonyl (C=O) groups is 1. The van der Waals surface area contributed by atoms with Gasteiger partial charge in [0.15, 0.2) is 0 Å². The van der Waals surface area contributed by atoms with Crippen LogP contribution in [0.25, 0.3) is 5.57 Å². The quantitative estimate of drug-likeness (QED) is 0.768. The predicted molar refractivity (Wildman–Crippen MR) is 101 cm³/mol. The first-order chi connectivity index (χ1) is 13.1. The molecule has 0 aromatic heterocycles. The van der Waals surface area contributed by atoms with Gasteiger partial charge in [-0.1, -0.05) is 60.1 Å². The molecule has 1 amide bonds. The van der Waals surface area contributed by atoms with Gasteiger partial charge in [-0.05, 0) is 23.6 Å². The molecule has 2 atom stereocenters. The van der Waals surface area contributed by atoms with Gasteiger partial charge in [-0.25, -0.2) is 9.18 Å². The molecule has 0 spiro atoms. The third kappa shape index (κ3) is 3.70. The first-order valence-electron chi connectivity index (χ1n) is 8.85. The van der Waals surface area contributed by atoms with Gasteiger partial charge in [0.1, 0.15) is 12.4 Å². The van der Waals surface area contributed by atoms with Crippen LogP contribution in [0.15, 0.2) is 54.6 Å². The van der Waals surface area contributed by atoms with Gasteiger partial charge in [0.05, 0.1) is 30.3 Å². The van der Waals surface area contributed by atoms with Crippen LogP contribution in [0.2, 0.25) is 5.02 Å². The van der Waals surface area contributed by atoms with Gasteiger partial charge in [-0.3, -0.25) is 4.90 Å². The van der Waals surface area contributed by atoms with E-state index in [0.29, 0.717) is 25.2 Å². The van der Waals surface area contributed by atoms with Crippen LogP contribution in [0.3, 0.4) is 0 Å². The van der Waals surface area contributed by atoms with E-state index in [-0.39, 0.29) is 29.8 Å². The highest BCUT2D eigenvalue weighted by Gasteiger charge is 2.39. The Bertz CT molecular complexity index is 871. The Balaban J connectivity index is 1.53. The van der Waals surface area contributed by atoms with E-state index in [1.54, 1.807) is 17.0 Å². The Morgan fingerprint density at radius 3 is 2.78 bits per heavy atom. The van der Waals surface area contributed by atoms with Crippen LogP contribution in [0.4, 0.5) is 9.18 Å². The molecule has 140 valence electrons. The highest BCUT2D eigenvalue weighted by molar-refractivity contribution is 6.30. The largest absolute Gasteiger partial charge is 0.445 e. The number of amides is 1. The summed E-state index contributed by atoms with van der Waals surface area (Å²) in [7, 11) is 0. The van der Waals surface area contributed by atoms with E-state index in [4.69, 9.17) is 21.1 Å². The summed E-state index contributed by atoms with van der Waals surface area (Å²) >= 11 is 5.92. The molecular formula is C21H19ClFNO3. The lowest BCUT2D eigenvalue weighted by molar-refractivity contribution is -0.0342. The number of morpholine rings is 1. The smallest absolute Gasteiger partial charge is 0.411 e. The van der Waals surface area contributed by atoms with E-state index in [1.165, 1.54) is 6.07 Å². The molecule has 2 unspecified atom stereocenters. The number of halogens is 2. The number of nitrogens with zero attached hydrogens (tertiary/aromatic N) is 1. The van der Waals surface area contributed by atoms with E-state index in [2.05, 4.69) is 0 Å². The highest BCUT2D eigenvalue weighted by atomic mass is 35.5. The highest BCUT2D eigenvalue weighted by Crippen LogP contribution is 2.35.